The molecule has 0 bridgehead atoms. The third kappa shape index (κ3) is 1.85. The lowest BCUT2D eigenvalue weighted by Gasteiger charge is -2.27. The monoisotopic (exact) mass is 237 g/mol. The molecular formula is C13H16FNS. The predicted octanol–water partition coefficient (Wildman–Crippen LogP) is 3.69. The summed E-state index contributed by atoms with van der Waals surface area (Å²) in [6, 6.07) is 7.65. The lowest BCUT2D eigenvalue weighted by atomic mass is 9.90. The van der Waals surface area contributed by atoms with Crippen LogP contribution in [0.4, 0.5) is 4.39 Å². The van der Waals surface area contributed by atoms with Gasteiger partial charge < -0.3 is 5.32 Å². The van der Waals surface area contributed by atoms with Crippen molar-refractivity contribution in [3.05, 3.63) is 35.2 Å². The third-order valence-corrected chi connectivity index (χ3v) is 4.16. The number of thiophene rings is 1. The van der Waals surface area contributed by atoms with Gasteiger partial charge in [0.15, 0.2) is 0 Å². The van der Waals surface area contributed by atoms with E-state index < -0.39 is 5.67 Å². The van der Waals surface area contributed by atoms with Gasteiger partial charge in [0.05, 0.1) is 0 Å². The largest absolute Gasteiger partial charge is 0.314 e. The highest BCUT2D eigenvalue weighted by molar-refractivity contribution is 7.17. The minimum absolute atomic E-state index is 0.205. The van der Waals surface area contributed by atoms with Crippen LogP contribution in [0.2, 0.25) is 0 Å². The minimum Gasteiger partial charge on any atom is -0.314 e. The van der Waals surface area contributed by atoms with Crippen molar-refractivity contribution in [3.63, 3.8) is 0 Å². The molecule has 2 atom stereocenters. The molecule has 3 heteroatoms. The van der Waals surface area contributed by atoms with E-state index in [9.17, 15) is 4.39 Å². The Morgan fingerprint density at radius 1 is 1.38 bits per heavy atom. The Labute approximate surface area is 99.3 Å². The number of hydrogen-bond acceptors (Lipinski definition) is 2. The molecule has 0 saturated heterocycles. The summed E-state index contributed by atoms with van der Waals surface area (Å²) < 4.78 is 15.8. The zero-order valence-corrected chi connectivity index (χ0v) is 10.6. The minimum atomic E-state index is -1.34. The Bertz CT molecular complexity index is 489. The Kier molecular flexibility index (Phi) is 3.00. The summed E-state index contributed by atoms with van der Waals surface area (Å²) in [5.74, 6) is 0. The van der Waals surface area contributed by atoms with Crippen LogP contribution in [0.5, 0.6) is 0 Å². The first-order valence-corrected chi connectivity index (χ1v) is 6.27. The second-order valence-corrected chi connectivity index (χ2v) is 5.21. The van der Waals surface area contributed by atoms with E-state index in [1.165, 1.54) is 4.70 Å². The molecule has 0 spiro atoms. The number of fused-ring (bicyclic) bond motifs is 1. The fourth-order valence-electron chi connectivity index (χ4n) is 1.79. The first-order chi connectivity index (χ1) is 7.55. The first-order valence-electron chi connectivity index (χ1n) is 5.39. The van der Waals surface area contributed by atoms with Crippen molar-refractivity contribution in [2.75, 3.05) is 7.05 Å². The molecule has 86 valence electrons. The van der Waals surface area contributed by atoms with Crippen molar-refractivity contribution in [3.8, 4) is 0 Å². The molecule has 1 nitrogen and oxygen atoms in total. The van der Waals surface area contributed by atoms with E-state index in [0.717, 1.165) is 10.9 Å². The van der Waals surface area contributed by atoms with Crippen molar-refractivity contribution in [2.45, 2.75) is 25.6 Å². The number of alkyl halides is 1. The summed E-state index contributed by atoms with van der Waals surface area (Å²) in [7, 11) is 1.78. The van der Waals surface area contributed by atoms with Crippen LogP contribution < -0.4 is 5.32 Å². The van der Waals surface area contributed by atoms with Gasteiger partial charge in [0.25, 0.3) is 0 Å². The van der Waals surface area contributed by atoms with Gasteiger partial charge in [-0.3, -0.25) is 0 Å². The summed E-state index contributed by atoms with van der Waals surface area (Å²) in [6.07, 6.45) is 0. The summed E-state index contributed by atoms with van der Waals surface area (Å²) in [5.41, 5.74) is -0.606. The molecule has 2 aromatic rings. The van der Waals surface area contributed by atoms with Crippen LogP contribution in [0.3, 0.4) is 0 Å². The second kappa shape index (κ2) is 4.15. The summed E-state index contributed by atoms with van der Waals surface area (Å²) in [6.45, 7) is 3.49. The van der Waals surface area contributed by atoms with Crippen LogP contribution in [0.15, 0.2) is 29.6 Å². The molecule has 0 fully saturated rings. The second-order valence-electron chi connectivity index (χ2n) is 4.26. The van der Waals surface area contributed by atoms with Gasteiger partial charge in [0.1, 0.15) is 5.67 Å². The predicted molar refractivity (Wildman–Crippen MR) is 68.8 cm³/mol. The maximum absolute atomic E-state index is 14.6. The maximum atomic E-state index is 14.6. The van der Waals surface area contributed by atoms with Crippen molar-refractivity contribution in [1.29, 1.82) is 0 Å². The number of nitrogens with one attached hydrogen (secondary N) is 1. The molecule has 1 heterocycles. The highest BCUT2D eigenvalue weighted by Crippen LogP contribution is 2.32. The SMILES string of the molecule is CNC(C)C(C)(F)c1ccc2sccc2c1. The van der Waals surface area contributed by atoms with Gasteiger partial charge in [0.2, 0.25) is 0 Å². The molecule has 0 aliphatic heterocycles. The number of halogens is 1. The van der Waals surface area contributed by atoms with Crippen molar-refractivity contribution < 1.29 is 4.39 Å². The van der Waals surface area contributed by atoms with E-state index >= 15 is 0 Å². The molecule has 1 aromatic carbocycles. The molecule has 1 N–H and O–H groups in total. The van der Waals surface area contributed by atoms with Crippen LogP contribution in [0, 0.1) is 0 Å². The van der Waals surface area contributed by atoms with Crippen molar-refractivity contribution >= 4 is 21.4 Å². The van der Waals surface area contributed by atoms with Gasteiger partial charge in [-0.05, 0) is 55.4 Å². The Morgan fingerprint density at radius 3 is 2.81 bits per heavy atom. The van der Waals surface area contributed by atoms with Gasteiger partial charge in [0, 0.05) is 10.7 Å². The molecule has 0 radical (unpaired) electrons. The molecule has 0 aliphatic rings. The van der Waals surface area contributed by atoms with Gasteiger partial charge in [-0.2, -0.15) is 0 Å². The fourth-order valence-corrected chi connectivity index (χ4v) is 2.56. The third-order valence-electron chi connectivity index (χ3n) is 3.26. The molecule has 0 saturated carbocycles. The van der Waals surface area contributed by atoms with Gasteiger partial charge in [-0.15, -0.1) is 11.3 Å². The lowest BCUT2D eigenvalue weighted by Crippen LogP contribution is -2.39. The zero-order valence-electron chi connectivity index (χ0n) is 9.75. The smallest absolute Gasteiger partial charge is 0.148 e. The van der Waals surface area contributed by atoms with Crippen LogP contribution in [0.1, 0.15) is 19.4 Å². The molecular weight excluding hydrogens is 221 g/mol. The van der Waals surface area contributed by atoms with E-state index in [4.69, 9.17) is 0 Å². The first kappa shape index (κ1) is 11.6. The molecule has 16 heavy (non-hydrogen) atoms. The molecule has 2 unspecified atom stereocenters. The van der Waals surface area contributed by atoms with E-state index in [1.807, 2.05) is 36.6 Å². The molecule has 2 rings (SSSR count). The molecule has 0 amide bonds. The summed E-state index contributed by atoms with van der Waals surface area (Å²) in [4.78, 5) is 0. The van der Waals surface area contributed by atoms with Gasteiger partial charge in [-0.25, -0.2) is 4.39 Å². The van der Waals surface area contributed by atoms with Crippen LogP contribution in [0.25, 0.3) is 10.1 Å². The standard InChI is InChI=1S/C13H16FNS/c1-9(15-3)13(2,14)11-4-5-12-10(8-11)6-7-16-12/h4-9,15H,1-3H3. The van der Waals surface area contributed by atoms with E-state index in [2.05, 4.69) is 5.32 Å². The van der Waals surface area contributed by atoms with Gasteiger partial charge in [-0.1, -0.05) is 6.07 Å². The van der Waals surface area contributed by atoms with Crippen molar-refractivity contribution in [1.82, 2.24) is 5.32 Å². The highest BCUT2D eigenvalue weighted by atomic mass is 32.1. The Hall–Kier alpha value is -0.930. The highest BCUT2D eigenvalue weighted by Gasteiger charge is 2.32. The zero-order chi connectivity index (χ0) is 11.8. The summed E-state index contributed by atoms with van der Waals surface area (Å²) in [5, 5.41) is 6.13. The van der Waals surface area contributed by atoms with Crippen LogP contribution in [-0.4, -0.2) is 13.1 Å². The van der Waals surface area contributed by atoms with Crippen molar-refractivity contribution in [2.24, 2.45) is 0 Å². The van der Waals surface area contributed by atoms with E-state index in [1.54, 1.807) is 25.3 Å². The average Bonchev–Trinajstić information content (AvgIpc) is 2.74. The normalized spacial score (nSPS) is 17.2. The Morgan fingerprint density at radius 2 is 2.12 bits per heavy atom. The lowest BCUT2D eigenvalue weighted by molar-refractivity contribution is 0.140. The van der Waals surface area contributed by atoms with Gasteiger partial charge >= 0.3 is 0 Å². The maximum Gasteiger partial charge on any atom is 0.148 e. The van der Waals surface area contributed by atoms with E-state index in [-0.39, 0.29) is 6.04 Å². The molecule has 0 aliphatic carbocycles. The number of hydrogen-bond donors (Lipinski definition) is 1. The topological polar surface area (TPSA) is 12.0 Å². The number of likely N-dealkylation sites (N-methyl/N-ethyl adjacent to an activating group) is 1. The average molecular weight is 237 g/mol. The van der Waals surface area contributed by atoms with E-state index in [0.29, 0.717) is 0 Å². The summed E-state index contributed by atoms with van der Waals surface area (Å²) >= 11 is 1.68. The quantitative estimate of drug-likeness (QED) is 0.858. The number of rotatable bonds is 3. The number of benzene rings is 1. The van der Waals surface area contributed by atoms with Crippen LogP contribution >= 0.6 is 11.3 Å². The fraction of sp³-hybridized carbons (Fsp3) is 0.385. The molecule has 1 aromatic heterocycles. The Balaban J connectivity index is 2.45. The van der Waals surface area contributed by atoms with Crippen LogP contribution in [-0.2, 0) is 5.67 Å².